The van der Waals surface area contributed by atoms with Gasteiger partial charge >= 0.3 is 0 Å². The van der Waals surface area contributed by atoms with Crippen molar-refractivity contribution < 1.29 is 4.79 Å². The number of hydrogen-bond acceptors (Lipinski definition) is 2. The van der Waals surface area contributed by atoms with Crippen LogP contribution in [0.25, 0.3) is 6.08 Å². The predicted molar refractivity (Wildman–Crippen MR) is 81.5 cm³/mol. The molecule has 1 fully saturated rings. The molecule has 0 bridgehead atoms. The van der Waals surface area contributed by atoms with Crippen molar-refractivity contribution in [1.29, 1.82) is 0 Å². The zero-order chi connectivity index (χ0) is 13.7. The second kappa shape index (κ2) is 6.55. The maximum atomic E-state index is 11.8. The van der Waals surface area contributed by atoms with Crippen LogP contribution in [0.4, 0.5) is 5.69 Å². The topological polar surface area (TPSA) is 20.3 Å². The Kier molecular flexibility index (Phi) is 4.78. The van der Waals surface area contributed by atoms with E-state index in [1.807, 2.05) is 0 Å². The average molecular weight is 257 g/mol. The van der Waals surface area contributed by atoms with E-state index in [1.54, 1.807) is 0 Å². The quantitative estimate of drug-likeness (QED) is 0.758. The van der Waals surface area contributed by atoms with Gasteiger partial charge in [-0.15, -0.1) is 0 Å². The molecule has 2 heteroatoms. The molecular weight excluding hydrogens is 234 g/mol. The molecule has 1 aliphatic carbocycles. The molecule has 0 amide bonds. The SMILES string of the molecule is CCN(CC)c1ccc(/C=C2/CCCCC2=O)cc1. The van der Waals surface area contributed by atoms with Gasteiger partial charge < -0.3 is 4.90 Å². The first-order valence-electron chi connectivity index (χ1n) is 7.33. The Morgan fingerprint density at radius 3 is 2.26 bits per heavy atom. The number of anilines is 1. The molecule has 1 aliphatic rings. The van der Waals surface area contributed by atoms with Gasteiger partial charge in [-0.25, -0.2) is 0 Å². The van der Waals surface area contributed by atoms with Crippen molar-refractivity contribution in [3.05, 3.63) is 35.4 Å². The van der Waals surface area contributed by atoms with E-state index in [0.29, 0.717) is 5.78 Å². The number of nitrogens with zero attached hydrogens (tertiary/aromatic N) is 1. The Morgan fingerprint density at radius 1 is 1.05 bits per heavy atom. The molecule has 102 valence electrons. The average Bonchev–Trinajstić information content (AvgIpc) is 2.44. The molecule has 1 aromatic rings. The van der Waals surface area contributed by atoms with Crippen molar-refractivity contribution >= 4 is 17.5 Å². The summed E-state index contributed by atoms with van der Waals surface area (Å²) in [6, 6.07) is 8.52. The van der Waals surface area contributed by atoms with E-state index in [4.69, 9.17) is 0 Å². The first kappa shape index (κ1) is 13.9. The van der Waals surface area contributed by atoms with Crippen molar-refractivity contribution in [1.82, 2.24) is 0 Å². The highest BCUT2D eigenvalue weighted by atomic mass is 16.1. The van der Waals surface area contributed by atoms with Crippen molar-refractivity contribution in [3.8, 4) is 0 Å². The van der Waals surface area contributed by atoms with Gasteiger partial charge in [-0.3, -0.25) is 4.79 Å². The van der Waals surface area contributed by atoms with Gasteiger partial charge in [0.15, 0.2) is 5.78 Å². The Bertz CT molecular complexity index is 455. The third-order valence-corrected chi connectivity index (χ3v) is 3.82. The summed E-state index contributed by atoms with van der Waals surface area (Å²) in [7, 11) is 0. The maximum Gasteiger partial charge on any atom is 0.158 e. The minimum Gasteiger partial charge on any atom is -0.372 e. The van der Waals surface area contributed by atoms with Crippen LogP contribution >= 0.6 is 0 Å². The molecule has 0 radical (unpaired) electrons. The van der Waals surface area contributed by atoms with Crippen molar-refractivity contribution in [2.24, 2.45) is 0 Å². The van der Waals surface area contributed by atoms with E-state index in [1.165, 1.54) is 5.69 Å². The summed E-state index contributed by atoms with van der Waals surface area (Å²) in [6.45, 7) is 6.38. The van der Waals surface area contributed by atoms with Crippen LogP contribution in [-0.4, -0.2) is 18.9 Å². The monoisotopic (exact) mass is 257 g/mol. The largest absolute Gasteiger partial charge is 0.372 e. The number of rotatable bonds is 4. The number of carbonyl (C=O) groups is 1. The number of hydrogen-bond donors (Lipinski definition) is 0. The van der Waals surface area contributed by atoms with Gasteiger partial charge in [0, 0.05) is 25.2 Å². The number of Topliss-reactive ketones (excluding diaryl/α,β-unsaturated/α-hetero) is 1. The molecule has 0 N–H and O–H groups in total. The normalized spacial score (nSPS) is 17.8. The molecule has 0 spiro atoms. The van der Waals surface area contributed by atoms with Crippen molar-refractivity contribution in [3.63, 3.8) is 0 Å². The van der Waals surface area contributed by atoms with Crippen LogP contribution in [0.15, 0.2) is 29.8 Å². The zero-order valence-corrected chi connectivity index (χ0v) is 12.0. The fourth-order valence-corrected chi connectivity index (χ4v) is 2.62. The summed E-state index contributed by atoms with van der Waals surface area (Å²) in [5.41, 5.74) is 3.39. The molecule has 0 unspecified atom stereocenters. The Labute approximate surface area is 116 Å². The molecule has 0 aliphatic heterocycles. The Balaban J connectivity index is 2.14. The van der Waals surface area contributed by atoms with E-state index >= 15 is 0 Å². The molecule has 1 aromatic carbocycles. The van der Waals surface area contributed by atoms with E-state index in [-0.39, 0.29) is 0 Å². The van der Waals surface area contributed by atoms with Crippen LogP contribution in [0.2, 0.25) is 0 Å². The molecule has 0 saturated heterocycles. The highest BCUT2D eigenvalue weighted by Gasteiger charge is 2.14. The van der Waals surface area contributed by atoms with Gasteiger partial charge in [-0.1, -0.05) is 12.1 Å². The fraction of sp³-hybridized carbons (Fsp3) is 0.471. The molecule has 2 rings (SSSR count). The lowest BCUT2D eigenvalue weighted by atomic mass is 9.92. The summed E-state index contributed by atoms with van der Waals surface area (Å²) in [6.07, 6.45) is 5.93. The van der Waals surface area contributed by atoms with Crippen molar-refractivity contribution in [2.45, 2.75) is 39.5 Å². The number of ketones is 1. The highest BCUT2D eigenvalue weighted by molar-refractivity contribution is 6.00. The van der Waals surface area contributed by atoms with Gasteiger partial charge in [0.05, 0.1) is 0 Å². The van der Waals surface area contributed by atoms with Crippen LogP contribution in [0.1, 0.15) is 45.1 Å². The number of allylic oxidation sites excluding steroid dienone is 1. The Morgan fingerprint density at radius 2 is 1.68 bits per heavy atom. The lowest BCUT2D eigenvalue weighted by Gasteiger charge is -2.21. The standard InChI is InChI=1S/C17H23NO/c1-3-18(4-2)16-11-9-14(10-12-16)13-15-7-5-6-8-17(15)19/h9-13H,3-8H2,1-2H3/b15-13-. The summed E-state index contributed by atoms with van der Waals surface area (Å²) in [4.78, 5) is 14.1. The van der Waals surface area contributed by atoms with Gasteiger partial charge in [0.2, 0.25) is 0 Å². The summed E-state index contributed by atoms with van der Waals surface area (Å²) in [5, 5.41) is 0. The minimum atomic E-state index is 0.332. The third kappa shape index (κ3) is 3.46. The van der Waals surface area contributed by atoms with E-state index in [9.17, 15) is 4.79 Å². The first-order valence-corrected chi connectivity index (χ1v) is 7.33. The van der Waals surface area contributed by atoms with Gasteiger partial charge in [0.25, 0.3) is 0 Å². The number of carbonyl (C=O) groups excluding carboxylic acids is 1. The van der Waals surface area contributed by atoms with E-state index in [2.05, 4.69) is 49.1 Å². The maximum absolute atomic E-state index is 11.8. The highest BCUT2D eigenvalue weighted by Crippen LogP contribution is 2.23. The van der Waals surface area contributed by atoms with Gasteiger partial charge in [-0.05, 0) is 62.5 Å². The third-order valence-electron chi connectivity index (χ3n) is 3.82. The summed E-state index contributed by atoms with van der Waals surface area (Å²) >= 11 is 0. The summed E-state index contributed by atoms with van der Waals surface area (Å²) in [5.74, 6) is 0.332. The van der Waals surface area contributed by atoms with Crippen LogP contribution in [0.5, 0.6) is 0 Å². The zero-order valence-electron chi connectivity index (χ0n) is 12.0. The van der Waals surface area contributed by atoms with E-state index < -0.39 is 0 Å². The second-order valence-corrected chi connectivity index (χ2v) is 5.06. The lowest BCUT2D eigenvalue weighted by Crippen LogP contribution is -2.21. The predicted octanol–water partition coefficient (Wildman–Crippen LogP) is 4.06. The van der Waals surface area contributed by atoms with Crippen molar-refractivity contribution in [2.75, 3.05) is 18.0 Å². The molecule has 2 nitrogen and oxygen atoms in total. The van der Waals surface area contributed by atoms with Gasteiger partial charge in [-0.2, -0.15) is 0 Å². The van der Waals surface area contributed by atoms with Crippen LogP contribution in [-0.2, 0) is 4.79 Å². The second-order valence-electron chi connectivity index (χ2n) is 5.06. The van der Waals surface area contributed by atoms with Gasteiger partial charge in [0.1, 0.15) is 0 Å². The minimum absolute atomic E-state index is 0.332. The molecule has 0 aromatic heterocycles. The number of benzene rings is 1. The molecule has 1 saturated carbocycles. The molecule has 19 heavy (non-hydrogen) atoms. The lowest BCUT2D eigenvalue weighted by molar-refractivity contribution is -0.116. The van der Waals surface area contributed by atoms with Crippen LogP contribution in [0.3, 0.4) is 0 Å². The molecule has 0 heterocycles. The van der Waals surface area contributed by atoms with E-state index in [0.717, 1.165) is 49.9 Å². The molecular formula is C17H23NO. The first-order chi connectivity index (χ1) is 9.24. The van der Waals surface area contributed by atoms with Crippen LogP contribution < -0.4 is 4.90 Å². The van der Waals surface area contributed by atoms with Crippen LogP contribution in [0, 0.1) is 0 Å². The summed E-state index contributed by atoms with van der Waals surface area (Å²) < 4.78 is 0. The molecule has 0 atom stereocenters. The smallest absolute Gasteiger partial charge is 0.158 e. The Hall–Kier alpha value is -1.57. The fourth-order valence-electron chi connectivity index (χ4n) is 2.62.